The molecule has 0 saturated carbocycles. The summed E-state index contributed by atoms with van der Waals surface area (Å²) < 4.78 is 0. The fourth-order valence-corrected chi connectivity index (χ4v) is 1.92. The van der Waals surface area contributed by atoms with Gasteiger partial charge in [-0.05, 0) is 6.07 Å². The number of anilines is 1. The van der Waals surface area contributed by atoms with Gasteiger partial charge in [-0.2, -0.15) is 5.10 Å². The lowest BCUT2D eigenvalue weighted by atomic mass is 10.3. The minimum Gasteiger partial charge on any atom is -0.478 e. The van der Waals surface area contributed by atoms with Crippen LogP contribution in [0.4, 0.5) is 5.69 Å². The van der Waals surface area contributed by atoms with Crippen LogP contribution in [0.2, 0.25) is 0 Å². The molecule has 0 aliphatic carbocycles. The molecule has 0 atom stereocenters. The number of hydrogen-bond donors (Lipinski definition) is 3. The summed E-state index contributed by atoms with van der Waals surface area (Å²) in [5.74, 6) is -0.888. The van der Waals surface area contributed by atoms with Crippen molar-refractivity contribution in [2.75, 3.05) is 5.32 Å². The Kier molecular flexibility index (Phi) is 2.68. The highest BCUT2D eigenvalue weighted by atomic mass is 32.1. The number of carbonyl (C=O) groups is 1. The van der Waals surface area contributed by atoms with Crippen molar-refractivity contribution in [2.24, 2.45) is 0 Å². The van der Waals surface area contributed by atoms with E-state index in [9.17, 15) is 4.79 Å². The topological polar surface area (TPSA) is 78.0 Å². The lowest BCUT2D eigenvalue weighted by Gasteiger charge is -1.98. The molecule has 0 spiro atoms. The molecule has 6 heteroatoms. The zero-order chi connectivity index (χ0) is 10.7. The lowest BCUT2D eigenvalue weighted by Crippen LogP contribution is -1.96. The Hall–Kier alpha value is -1.82. The van der Waals surface area contributed by atoms with Crippen LogP contribution in [0.15, 0.2) is 23.8 Å². The van der Waals surface area contributed by atoms with Crippen molar-refractivity contribution in [3.63, 3.8) is 0 Å². The molecule has 5 nitrogen and oxygen atoms in total. The van der Waals surface area contributed by atoms with Crippen LogP contribution in [0.3, 0.4) is 0 Å². The van der Waals surface area contributed by atoms with Gasteiger partial charge in [0, 0.05) is 23.0 Å². The van der Waals surface area contributed by atoms with Gasteiger partial charge in [0.25, 0.3) is 0 Å². The molecule has 15 heavy (non-hydrogen) atoms. The number of aromatic nitrogens is 2. The average Bonchev–Trinajstić information content (AvgIpc) is 2.86. The molecule has 0 fully saturated rings. The van der Waals surface area contributed by atoms with Crippen LogP contribution >= 0.6 is 11.3 Å². The van der Waals surface area contributed by atoms with Crippen molar-refractivity contribution < 1.29 is 9.90 Å². The van der Waals surface area contributed by atoms with Crippen molar-refractivity contribution >= 4 is 23.0 Å². The van der Waals surface area contributed by atoms with Gasteiger partial charge in [0.05, 0.1) is 17.4 Å². The number of carboxylic acids is 1. The Balaban J connectivity index is 1.96. The van der Waals surface area contributed by atoms with Crippen molar-refractivity contribution in [1.29, 1.82) is 0 Å². The highest BCUT2D eigenvalue weighted by molar-refractivity contribution is 7.10. The quantitative estimate of drug-likeness (QED) is 0.738. The third kappa shape index (κ3) is 2.35. The first kappa shape index (κ1) is 9.72. The normalized spacial score (nSPS) is 10.1. The van der Waals surface area contributed by atoms with Gasteiger partial charge in [-0.3, -0.25) is 5.10 Å². The van der Waals surface area contributed by atoms with Gasteiger partial charge >= 0.3 is 5.97 Å². The lowest BCUT2D eigenvalue weighted by molar-refractivity contribution is 0.0697. The van der Waals surface area contributed by atoms with Gasteiger partial charge in [-0.15, -0.1) is 11.3 Å². The minimum atomic E-state index is -0.888. The van der Waals surface area contributed by atoms with E-state index in [1.807, 2.05) is 0 Å². The molecule has 0 aromatic carbocycles. The van der Waals surface area contributed by atoms with Crippen LogP contribution in [0.5, 0.6) is 0 Å². The van der Waals surface area contributed by atoms with Gasteiger partial charge in [-0.25, -0.2) is 4.79 Å². The first-order valence-corrected chi connectivity index (χ1v) is 5.17. The number of aromatic amines is 1. The van der Waals surface area contributed by atoms with Crippen molar-refractivity contribution in [1.82, 2.24) is 10.2 Å². The SMILES string of the molecule is O=C(O)c1csc(CNc2cn[nH]c2)c1. The highest BCUT2D eigenvalue weighted by Gasteiger charge is 2.05. The summed E-state index contributed by atoms with van der Waals surface area (Å²) in [6, 6.07) is 1.67. The van der Waals surface area contributed by atoms with Crippen LogP contribution in [-0.4, -0.2) is 21.3 Å². The van der Waals surface area contributed by atoms with Crippen LogP contribution in [0.25, 0.3) is 0 Å². The molecule has 2 aromatic heterocycles. The molecule has 0 unspecified atom stereocenters. The predicted octanol–water partition coefficient (Wildman–Crippen LogP) is 1.78. The number of H-pyrrole nitrogens is 1. The summed E-state index contributed by atoms with van der Waals surface area (Å²) in [5, 5.41) is 19.9. The van der Waals surface area contributed by atoms with Crippen molar-refractivity contribution in [3.05, 3.63) is 34.3 Å². The molecular formula is C9H9N3O2S. The van der Waals surface area contributed by atoms with E-state index in [0.29, 0.717) is 12.1 Å². The first-order valence-electron chi connectivity index (χ1n) is 4.29. The van der Waals surface area contributed by atoms with E-state index >= 15 is 0 Å². The number of thiophene rings is 1. The summed E-state index contributed by atoms with van der Waals surface area (Å²) >= 11 is 1.43. The van der Waals surface area contributed by atoms with E-state index in [4.69, 9.17) is 5.11 Å². The van der Waals surface area contributed by atoms with E-state index in [0.717, 1.165) is 10.6 Å². The summed E-state index contributed by atoms with van der Waals surface area (Å²) in [7, 11) is 0. The molecular weight excluding hydrogens is 214 g/mol. The fraction of sp³-hybridized carbons (Fsp3) is 0.111. The van der Waals surface area contributed by atoms with Crippen molar-refractivity contribution in [2.45, 2.75) is 6.54 Å². The number of aromatic carboxylic acids is 1. The zero-order valence-corrected chi connectivity index (χ0v) is 8.54. The molecule has 0 bridgehead atoms. The summed E-state index contributed by atoms with van der Waals surface area (Å²) in [5.41, 5.74) is 1.23. The Morgan fingerprint density at radius 3 is 3.13 bits per heavy atom. The Morgan fingerprint density at radius 2 is 2.53 bits per heavy atom. The second kappa shape index (κ2) is 4.14. The number of rotatable bonds is 4. The van der Waals surface area contributed by atoms with Crippen molar-refractivity contribution in [3.8, 4) is 0 Å². The van der Waals surface area contributed by atoms with E-state index in [1.165, 1.54) is 11.3 Å². The van der Waals surface area contributed by atoms with Gasteiger partial charge in [0.15, 0.2) is 0 Å². The van der Waals surface area contributed by atoms with Crippen LogP contribution < -0.4 is 5.32 Å². The number of carboxylic acid groups (broad SMARTS) is 1. The van der Waals surface area contributed by atoms with E-state index in [2.05, 4.69) is 15.5 Å². The molecule has 0 saturated heterocycles. The van der Waals surface area contributed by atoms with Gasteiger partial charge in [0.2, 0.25) is 0 Å². The summed E-state index contributed by atoms with van der Waals surface area (Å²) in [6.45, 7) is 0.609. The van der Waals surface area contributed by atoms with Crippen LogP contribution in [0, 0.1) is 0 Å². The second-order valence-corrected chi connectivity index (χ2v) is 3.94. The molecule has 0 radical (unpaired) electrons. The number of nitrogens with one attached hydrogen (secondary N) is 2. The maximum Gasteiger partial charge on any atom is 0.336 e. The average molecular weight is 223 g/mol. The molecule has 2 rings (SSSR count). The molecule has 0 aliphatic heterocycles. The summed E-state index contributed by atoms with van der Waals surface area (Å²) in [6.07, 6.45) is 3.41. The van der Waals surface area contributed by atoms with Gasteiger partial charge in [-0.1, -0.05) is 0 Å². The Labute approximate surface area is 89.8 Å². The fourth-order valence-electron chi connectivity index (χ4n) is 1.12. The monoisotopic (exact) mass is 223 g/mol. The molecule has 2 aromatic rings. The standard InChI is InChI=1S/C9H9N3O2S/c13-9(14)6-1-8(15-5-6)4-10-7-2-11-12-3-7/h1-3,5,10H,4H2,(H,11,12)(H,13,14). The molecule has 2 heterocycles. The van der Waals surface area contributed by atoms with E-state index < -0.39 is 5.97 Å². The number of nitrogens with zero attached hydrogens (tertiary/aromatic N) is 1. The summed E-state index contributed by atoms with van der Waals surface area (Å²) in [4.78, 5) is 11.6. The van der Waals surface area contributed by atoms with Crippen LogP contribution in [-0.2, 0) is 6.54 Å². The molecule has 3 N–H and O–H groups in total. The molecule has 0 aliphatic rings. The maximum atomic E-state index is 10.6. The second-order valence-electron chi connectivity index (χ2n) is 2.95. The predicted molar refractivity (Wildman–Crippen MR) is 57.2 cm³/mol. The highest BCUT2D eigenvalue weighted by Crippen LogP contribution is 2.16. The van der Waals surface area contributed by atoms with E-state index in [-0.39, 0.29) is 0 Å². The smallest absolute Gasteiger partial charge is 0.336 e. The largest absolute Gasteiger partial charge is 0.478 e. The number of hydrogen-bond acceptors (Lipinski definition) is 4. The molecule has 0 amide bonds. The Morgan fingerprint density at radius 1 is 1.67 bits per heavy atom. The Bertz CT molecular complexity index is 450. The third-order valence-corrected chi connectivity index (χ3v) is 2.80. The first-order chi connectivity index (χ1) is 7.25. The van der Waals surface area contributed by atoms with Gasteiger partial charge in [0.1, 0.15) is 0 Å². The molecule has 78 valence electrons. The van der Waals surface area contributed by atoms with Crippen LogP contribution in [0.1, 0.15) is 15.2 Å². The maximum absolute atomic E-state index is 10.6. The van der Waals surface area contributed by atoms with E-state index in [1.54, 1.807) is 23.8 Å². The third-order valence-electron chi connectivity index (χ3n) is 1.87. The zero-order valence-electron chi connectivity index (χ0n) is 7.73. The minimum absolute atomic E-state index is 0.337. The van der Waals surface area contributed by atoms with Gasteiger partial charge < -0.3 is 10.4 Å².